The molecule has 0 aromatic carbocycles. The third-order valence-corrected chi connectivity index (χ3v) is 5.15. The highest BCUT2D eigenvalue weighted by atomic mass is 32.1. The predicted molar refractivity (Wildman–Crippen MR) is 95.3 cm³/mol. The van der Waals surface area contributed by atoms with E-state index in [-0.39, 0.29) is 11.8 Å². The topological polar surface area (TPSA) is 88.1 Å². The van der Waals surface area contributed by atoms with Crippen LogP contribution in [0.5, 0.6) is 0 Å². The second-order valence-electron chi connectivity index (χ2n) is 5.81. The van der Waals surface area contributed by atoms with Crippen LogP contribution in [0.4, 0.5) is 0 Å². The van der Waals surface area contributed by atoms with E-state index in [0.29, 0.717) is 41.6 Å². The molecule has 25 heavy (non-hydrogen) atoms. The number of rotatable bonds is 7. The summed E-state index contributed by atoms with van der Waals surface area (Å²) in [5, 5.41) is 3.59. The number of aryl methyl sites for hydroxylation is 1. The molecular formula is C17H21N5O2S. The van der Waals surface area contributed by atoms with Crippen molar-refractivity contribution >= 4 is 23.2 Å². The van der Waals surface area contributed by atoms with Gasteiger partial charge in [-0.05, 0) is 25.3 Å². The lowest BCUT2D eigenvalue weighted by molar-refractivity contribution is -0.127. The molecule has 2 amide bonds. The van der Waals surface area contributed by atoms with E-state index in [1.54, 1.807) is 18.5 Å². The first kappa shape index (κ1) is 17.5. The lowest BCUT2D eigenvalue weighted by Crippen LogP contribution is -2.30. The van der Waals surface area contributed by atoms with E-state index >= 15 is 0 Å². The number of carbonyl (C=O) groups excluding carboxylic acids is 2. The van der Waals surface area contributed by atoms with Crippen molar-refractivity contribution in [3.05, 3.63) is 29.0 Å². The lowest BCUT2D eigenvalue weighted by Gasteiger charge is -2.15. The van der Waals surface area contributed by atoms with Crippen molar-refractivity contribution < 1.29 is 9.59 Å². The molecule has 0 saturated carbocycles. The third-order valence-electron chi connectivity index (χ3n) is 4.06. The first-order chi connectivity index (χ1) is 12.2. The second-order valence-corrected chi connectivity index (χ2v) is 6.81. The van der Waals surface area contributed by atoms with E-state index in [4.69, 9.17) is 0 Å². The number of aromatic nitrogens is 3. The van der Waals surface area contributed by atoms with Crippen LogP contribution in [0.2, 0.25) is 0 Å². The fraction of sp³-hybridized carbons (Fsp3) is 0.471. The van der Waals surface area contributed by atoms with Crippen LogP contribution in [0.1, 0.15) is 41.6 Å². The van der Waals surface area contributed by atoms with Gasteiger partial charge < -0.3 is 10.2 Å². The smallest absolute Gasteiger partial charge is 0.263 e. The molecule has 1 saturated heterocycles. The number of nitrogens with zero attached hydrogens (tertiary/aromatic N) is 4. The van der Waals surface area contributed by atoms with Gasteiger partial charge in [0.2, 0.25) is 5.91 Å². The largest absolute Gasteiger partial charge is 0.351 e. The van der Waals surface area contributed by atoms with Gasteiger partial charge in [-0.3, -0.25) is 9.59 Å². The summed E-state index contributed by atoms with van der Waals surface area (Å²) in [5.41, 5.74) is 0.764. The van der Waals surface area contributed by atoms with Gasteiger partial charge in [-0.2, -0.15) is 0 Å². The molecule has 0 unspecified atom stereocenters. The molecule has 3 heterocycles. The van der Waals surface area contributed by atoms with Crippen molar-refractivity contribution in [2.75, 3.05) is 19.6 Å². The molecule has 132 valence electrons. The Kier molecular flexibility index (Phi) is 5.70. The number of amides is 2. The number of nitrogens with one attached hydrogen (secondary N) is 1. The Morgan fingerprint density at radius 1 is 1.36 bits per heavy atom. The van der Waals surface area contributed by atoms with E-state index in [2.05, 4.69) is 20.3 Å². The molecule has 2 aromatic rings. The summed E-state index contributed by atoms with van der Waals surface area (Å²) in [6.07, 6.45) is 6.35. The van der Waals surface area contributed by atoms with Crippen molar-refractivity contribution in [3.63, 3.8) is 0 Å². The van der Waals surface area contributed by atoms with Crippen LogP contribution in [0.3, 0.4) is 0 Å². The Hall–Kier alpha value is -2.35. The number of thiazole rings is 1. The Labute approximate surface area is 150 Å². The van der Waals surface area contributed by atoms with Crippen LogP contribution in [0, 0.1) is 0 Å². The Morgan fingerprint density at radius 3 is 2.84 bits per heavy atom. The minimum absolute atomic E-state index is 0.121. The maximum atomic E-state index is 12.5. The SMILES string of the molecule is CCc1nc(-c2ncccn2)sc1C(=O)NCCCN1CCCC1=O. The van der Waals surface area contributed by atoms with Crippen molar-refractivity contribution in [2.45, 2.75) is 32.6 Å². The predicted octanol–water partition coefficient (Wildman–Crippen LogP) is 1.90. The maximum Gasteiger partial charge on any atom is 0.263 e. The van der Waals surface area contributed by atoms with Crippen molar-refractivity contribution in [2.24, 2.45) is 0 Å². The average Bonchev–Trinajstić information content (AvgIpc) is 3.25. The number of hydrogen-bond donors (Lipinski definition) is 1. The molecule has 2 aromatic heterocycles. The van der Waals surface area contributed by atoms with Crippen molar-refractivity contribution in [1.29, 1.82) is 0 Å². The summed E-state index contributed by atoms with van der Waals surface area (Å²) < 4.78 is 0. The zero-order valence-electron chi connectivity index (χ0n) is 14.2. The summed E-state index contributed by atoms with van der Waals surface area (Å²) in [4.78, 5) is 39.4. The molecule has 3 rings (SSSR count). The van der Waals surface area contributed by atoms with E-state index in [1.807, 2.05) is 11.8 Å². The molecule has 1 fully saturated rings. The molecule has 0 radical (unpaired) electrons. The van der Waals surface area contributed by atoms with Gasteiger partial charge in [-0.15, -0.1) is 11.3 Å². The fourth-order valence-corrected chi connectivity index (χ4v) is 3.79. The number of likely N-dealkylation sites (tertiary alicyclic amines) is 1. The van der Waals surface area contributed by atoms with Crippen molar-refractivity contribution in [3.8, 4) is 10.8 Å². The van der Waals surface area contributed by atoms with Crippen LogP contribution in [-0.2, 0) is 11.2 Å². The van der Waals surface area contributed by atoms with Gasteiger partial charge in [0.05, 0.1) is 5.69 Å². The van der Waals surface area contributed by atoms with Gasteiger partial charge in [0.25, 0.3) is 5.91 Å². The quantitative estimate of drug-likeness (QED) is 0.763. The Balaban J connectivity index is 1.58. The van der Waals surface area contributed by atoms with Crippen molar-refractivity contribution in [1.82, 2.24) is 25.2 Å². The molecule has 0 spiro atoms. The van der Waals surface area contributed by atoms with Gasteiger partial charge >= 0.3 is 0 Å². The highest BCUT2D eigenvalue weighted by Crippen LogP contribution is 2.25. The molecule has 0 aliphatic carbocycles. The average molecular weight is 359 g/mol. The summed E-state index contributed by atoms with van der Waals surface area (Å²) in [6.45, 7) is 4.05. The Morgan fingerprint density at radius 2 is 2.16 bits per heavy atom. The standard InChI is InChI=1S/C17H21N5O2S/c1-2-12-14(25-17(21-12)15-18-7-4-8-19-15)16(24)20-9-5-11-22-10-3-6-13(22)23/h4,7-8H,2-3,5-6,9-11H2,1H3,(H,20,24). The molecule has 8 heteroatoms. The monoisotopic (exact) mass is 359 g/mol. The molecular weight excluding hydrogens is 338 g/mol. The minimum atomic E-state index is -0.121. The van der Waals surface area contributed by atoms with Gasteiger partial charge in [-0.25, -0.2) is 15.0 Å². The van der Waals surface area contributed by atoms with Crippen LogP contribution >= 0.6 is 11.3 Å². The molecule has 1 N–H and O–H groups in total. The summed E-state index contributed by atoms with van der Waals surface area (Å²) in [5.74, 6) is 0.632. The van der Waals surface area contributed by atoms with E-state index in [0.717, 1.165) is 25.1 Å². The van der Waals surface area contributed by atoms with E-state index in [1.165, 1.54) is 11.3 Å². The summed E-state index contributed by atoms with van der Waals surface area (Å²) >= 11 is 1.32. The van der Waals surface area contributed by atoms with Gasteiger partial charge in [-0.1, -0.05) is 6.92 Å². The summed E-state index contributed by atoms with van der Waals surface area (Å²) in [6, 6.07) is 1.75. The number of hydrogen-bond acceptors (Lipinski definition) is 6. The Bertz CT molecular complexity index is 747. The minimum Gasteiger partial charge on any atom is -0.351 e. The highest BCUT2D eigenvalue weighted by molar-refractivity contribution is 7.17. The van der Waals surface area contributed by atoms with Crippen LogP contribution in [0.25, 0.3) is 10.8 Å². The lowest BCUT2D eigenvalue weighted by atomic mass is 10.3. The molecule has 7 nitrogen and oxygen atoms in total. The molecule has 0 bridgehead atoms. The zero-order chi connectivity index (χ0) is 17.6. The van der Waals surface area contributed by atoms with Gasteiger partial charge in [0.15, 0.2) is 10.8 Å². The van der Waals surface area contributed by atoms with Gasteiger partial charge in [0, 0.05) is 38.4 Å². The normalized spacial score (nSPS) is 14.1. The van der Waals surface area contributed by atoms with E-state index < -0.39 is 0 Å². The first-order valence-corrected chi connectivity index (χ1v) is 9.33. The molecule has 1 aliphatic heterocycles. The maximum absolute atomic E-state index is 12.5. The van der Waals surface area contributed by atoms with Crippen LogP contribution in [0.15, 0.2) is 18.5 Å². The summed E-state index contributed by atoms with van der Waals surface area (Å²) in [7, 11) is 0. The molecule has 1 aliphatic rings. The highest BCUT2D eigenvalue weighted by Gasteiger charge is 2.20. The zero-order valence-corrected chi connectivity index (χ0v) is 15.0. The van der Waals surface area contributed by atoms with Crippen LogP contribution in [-0.4, -0.2) is 51.3 Å². The van der Waals surface area contributed by atoms with Crippen LogP contribution < -0.4 is 5.32 Å². The third kappa shape index (κ3) is 4.19. The fourth-order valence-electron chi connectivity index (χ4n) is 2.77. The second kappa shape index (κ2) is 8.15. The number of carbonyl (C=O) groups is 2. The van der Waals surface area contributed by atoms with Gasteiger partial charge in [0.1, 0.15) is 4.88 Å². The first-order valence-electron chi connectivity index (χ1n) is 8.52. The van der Waals surface area contributed by atoms with E-state index in [9.17, 15) is 9.59 Å². The molecule has 0 atom stereocenters.